The molecule has 1 saturated heterocycles. The summed E-state index contributed by atoms with van der Waals surface area (Å²) in [5.74, 6) is 0. The van der Waals surface area contributed by atoms with Crippen LogP contribution in [0.2, 0.25) is 5.02 Å². The zero-order valence-electron chi connectivity index (χ0n) is 11.1. The largest absolute Gasteiger partial charge is 0.365 e. The van der Waals surface area contributed by atoms with Gasteiger partial charge in [-0.1, -0.05) is 18.5 Å². The van der Waals surface area contributed by atoms with Gasteiger partial charge in [-0.05, 0) is 25.5 Å². The lowest BCUT2D eigenvalue weighted by Crippen LogP contribution is -2.58. The van der Waals surface area contributed by atoms with Gasteiger partial charge in [-0.2, -0.15) is 8.75 Å². The van der Waals surface area contributed by atoms with Crippen molar-refractivity contribution < 1.29 is 0 Å². The Morgan fingerprint density at radius 3 is 3.11 bits per heavy atom. The van der Waals surface area contributed by atoms with Crippen LogP contribution in [0.3, 0.4) is 0 Å². The Bertz CT molecular complexity index is 599. The van der Waals surface area contributed by atoms with E-state index in [1.165, 1.54) is 11.7 Å². The molecule has 1 fully saturated rings. The van der Waals surface area contributed by atoms with E-state index in [-0.39, 0.29) is 5.54 Å². The molecule has 0 spiro atoms. The summed E-state index contributed by atoms with van der Waals surface area (Å²) in [5.41, 5.74) is 3.03. The van der Waals surface area contributed by atoms with Crippen LogP contribution >= 0.6 is 23.3 Å². The number of anilines is 1. The third-order valence-corrected chi connectivity index (χ3v) is 4.77. The standard InChI is InChI=1S/C13H17ClN4S/c1-3-13(2)8-18(7-6-15-13)12-9(14)4-5-10-11(12)17-19-16-10/h4-5,15H,3,6-8H2,1-2H3. The highest BCUT2D eigenvalue weighted by atomic mass is 35.5. The second-order valence-corrected chi connectivity index (χ2v) is 6.23. The van der Waals surface area contributed by atoms with E-state index in [2.05, 4.69) is 32.8 Å². The van der Waals surface area contributed by atoms with Gasteiger partial charge in [0.1, 0.15) is 11.0 Å². The van der Waals surface area contributed by atoms with Crippen molar-refractivity contribution in [2.45, 2.75) is 25.8 Å². The van der Waals surface area contributed by atoms with Crippen LogP contribution in [0.1, 0.15) is 20.3 Å². The zero-order chi connectivity index (χ0) is 13.5. The van der Waals surface area contributed by atoms with Gasteiger partial charge in [0, 0.05) is 25.2 Å². The fraction of sp³-hybridized carbons (Fsp3) is 0.538. The first kappa shape index (κ1) is 13.1. The van der Waals surface area contributed by atoms with Gasteiger partial charge in [-0.15, -0.1) is 0 Å². The maximum Gasteiger partial charge on any atom is 0.129 e. The van der Waals surface area contributed by atoms with E-state index in [1.54, 1.807) is 0 Å². The summed E-state index contributed by atoms with van der Waals surface area (Å²) in [4.78, 5) is 2.34. The van der Waals surface area contributed by atoms with Crippen molar-refractivity contribution in [3.05, 3.63) is 17.2 Å². The summed E-state index contributed by atoms with van der Waals surface area (Å²) in [6, 6.07) is 3.86. The number of nitrogens with one attached hydrogen (secondary N) is 1. The molecule has 0 aliphatic carbocycles. The van der Waals surface area contributed by atoms with Crippen molar-refractivity contribution >= 4 is 40.0 Å². The highest BCUT2D eigenvalue weighted by Crippen LogP contribution is 2.35. The number of aromatic nitrogens is 2. The molecule has 3 rings (SSSR count). The number of piperazine rings is 1. The molecule has 1 aliphatic heterocycles. The van der Waals surface area contributed by atoms with Crippen molar-refractivity contribution in [1.29, 1.82) is 0 Å². The van der Waals surface area contributed by atoms with Crippen LogP contribution in [-0.2, 0) is 0 Å². The Kier molecular flexibility index (Phi) is 3.37. The van der Waals surface area contributed by atoms with Gasteiger partial charge in [0.2, 0.25) is 0 Å². The lowest BCUT2D eigenvalue weighted by atomic mass is 9.95. The number of fused-ring (bicyclic) bond motifs is 1. The average Bonchev–Trinajstić information content (AvgIpc) is 2.87. The first-order valence-electron chi connectivity index (χ1n) is 6.54. The average molecular weight is 297 g/mol. The van der Waals surface area contributed by atoms with E-state index in [0.717, 1.165) is 47.8 Å². The minimum Gasteiger partial charge on any atom is -0.365 e. The van der Waals surface area contributed by atoms with Gasteiger partial charge >= 0.3 is 0 Å². The highest BCUT2D eigenvalue weighted by Gasteiger charge is 2.30. The van der Waals surface area contributed by atoms with Gasteiger partial charge in [-0.3, -0.25) is 0 Å². The topological polar surface area (TPSA) is 41.1 Å². The minimum absolute atomic E-state index is 0.132. The maximum atomic E-state index is 6.40. The quantitative estimate of drug-likeness (QED) is 0.925. The maximum absolute atomic E-state index is 6.40. The molecule has 0 bridgehead atoms. The SMILES string of the molecule is CCC1(C)CN(c2c(Cl)ccc3nsnc23)CCN1. The monoisotopic (exact) mass is 296 g/mol. The molecule has 19 heavy (non-hydrogen) atoms. The van der Waals surface area contributed by atoms with Crippen LogP contribution in [-0.4, -0.2) is 33.9 Å². The molecule has 6 heteroatoms. The Hall–Kier alpha value is -0.910. The van der Waals surface area contributed by atoms with Crippen LogP contribution in [0.5, 0.6) is 0 Å². The Labute approximate surface area is 122 Å². The molecule has 1 atom stereocenters. The molecule has 4 nitrogen and oxygen atoms in total. The van der Waals surface area contributed by atoms with Crippen molar-refractivity contribution in [1.82, 2.24) is 14.1 Å². The molecular weight excluding hydrogens is 280 g/mol. The van der Waals surface area contributed by atoms with E-state index >= 15 is 0 Å². The van der Waals surface area contributed by atoms with E-state index in [9.17, 15) is 0 Å². The summed E-state index contributed by atoms with van der Waals surface area (Å²) < 4.78 is 8.71. The molecule has 2 heterocycles. The number of hydrogen-bond acceptors (Lipinski definition) is 5. The van der Waals surface area contributed by atoms with Crippen LogP contribution in [0.15, 0.2) is 12.1 Å². The van der Waals surface area contributed by atoms with Gasteiger partial charge < -0.3 is 10.2 Å². The number of benzene rings is 1. The van der Waals surface area contributed by atoms with Crippen molar-refractivity contribution in [2.24, 2.45) is 0 Å². The number of nitrogens with zero attached hydrogens (tertiary/aromatic N) is 3. The second-order valence-electron chi connectivity index (χ2n) is 5.29. The Balaban J connectivity index is 2.04. The van der Waals surface area contributed by atoms with Gasteiger partial charge in [0.05, 0.1) is 22.4 Å². The molecule has 1 N–H and O–H groups in total. The normalized spacial score (nSPS) is 24.1. The lowest BCUT2D eigenvalue weighted by Gasteiger charge is -2.42. The van der Waals surface area contributed by atoms with Crippen LogP contribution in [0.25, 0.3) is 11.0 Å². The van der Waals surface area contributed by atoms with Crippen LogP contribution < -0.4 is 10.2 Å². The van der Waals surface area contributed by atoms with E-state index < -0.39 is 0 Å². The molecule has 102 valence electrons. The summed E-state index contributed by atoms with van der Waals surface area (Å²) >= 11 is 7.65. The predicted octanol–water partition coefficient (Wildman–Crippen LogP) is 2.92. The third-order valence-electron chi connectivity index (χ3n) is 3.92. The number of hydrogen-bond donors (Lipinski definition) is 1. The first-order chi connectivity index (χ1) is 9.13. The molecule has 1 aromatic heterocycles. The van der Waals surface area contributed by atoms with Gasteiger partial charge in [-0.25, -0.2) is 0 Å². The zero-order valence-corrected chi connectivity index (χ0v) is 12.7. The smallest absolute Gasteiger partial charge is 0.129 e. The fourth-order valence-electron chi connectivity index (χ4n) is 2.59. The predicted molar refractivity (Wildman–Crippen MR) is 81.3 cm³/mol. The molecule has 0 saturated carbocycles. The summed E-state index contributed by atoms with van der Waals surface area (Å²) in [6.45, 7) is 7.33. The number of halogens is 1. The second kappa shape index (κ2) is 4.89. The molecule has 1 aliphatic rings. The van der Waals surface area contributed by atoms with Gasteiger partial charge in [0.25, 0.3) is 0 Å². The fourth-order valence-corrected chi connectivity index (χ4v) is 3.40. The van der Waals surface area contributed by atoms with Crippen molar-refractivity contribution in [2.75, 3.05) is 24.5 Å². The molecular formula is C13H17ClN4S. The first-order valence-corrected chi connectivity index (χ1v) is 7.64. The van der Waals surface area contributed by atoms with E-state index in [4.69, 9.17) is 11.6 Å². The molecule has 0 radical (unpaired) electrons. The summed E-state index contributed by atoms with van der Waals surface area (Å²) in [5, 5.41) is 4.35. The van der Waals surface area contributed by atoms with E-state index in [1.807, 2.05) is 12.1 Å². The van der Waals surface area contributed by atoms with Crippen LogP contribution in [0, 0.1) is 0 Å². The van der Waals surface area contributed by atoms with Crippen LogP contribution in [0.4, 0.5) is 5.69 Å². The molecule has 1 unspecified atom stereocenters. The minimum atomic E-state index is 0.132. The van der Waals surface area contributed by atoms with Crippen molar-refractivity contribution in [3.8, 4) is 0 Å². The van der Waals surface area contributed by atoms with Crippen molar-refractivity contribution in [3.63, 3.8) is 0 Å². The Morgan fingerprint density at radius 1 is 1.47 bits per heavy atom. The molecule has 1 aromatic carbocycles. The Morgan fingerprint density at radius 2 is 2.32 bits per heavy atom. The van der Waals surface area contributed by atoms with Gasteiger partial charge in [0.15, 0.2) is 0 Å². The highest BCUT2D eigenvalue weighted by molar-refractivity contribution is 7.00. The third kappa shape index (κ3) is 2.30. The number of rotatable bonds is 2. The molecule has 0 amide bonds. The summed E-state index contributed by atoms with van der Waals surface area (Å²) in [6.07, 6.45) is 1.09. The lowest BCUT2D eigenvalue weighted by molar-refractivity contribution is 0.314. The summed E-state index contributed by atoms with van der Waals surface area (Å²) in [7, 11) is 0. The van der Waals surface area contributed by atoms with E-state index in [0.29, 0.717) is 0 Å². The molecule has 2 aromatic rings.